The predicted molar refractivity (Wildman–Crippen MR) is 71.3 cm³/mol. The van der Waals surface area contributed by atoms with Gasteiger partial charge in [0.2, 0.25) is 0 Å². The largest absolute Gasteiger partial charge is 0.493 e. The summed E-state index contributed by atoms with van der Waals surface area (Å²) >= 11 is 0. The van der Waals surface area contributed by atoms with Crippen LogP contribution >= 0.6 is 0 Å². The summed E-state index contributed by atoms with van der Waals surface area (Å²) in [7, 11) is 0. The van der Waals surface area contributed by atoms with Crippen LogP contribution in [-0.4, -0.2) is 31.1 Å². The molecule has 1 unspecified atom stereocenters. The standard InChI is InChI=1S/C15H19NO3/c16-15(6-8-18-10-15)14(17)4-2-11-1-3-13-12(9-11)5-7-19-13/h1,3,9H,2,4-8,10,16H2. The molecule has 0 aromatic heterocycles. The van der Waals surface area contributed by atoms with Crippen LogP contribution in [-0.2, 0) is 22.4 Å². The first kappa shape index (κ1) is 12.6. The van der Waals surface area contributed by atoms with Crippen LogP contribution in [0, 0.1) is 0 Å². The molecule has 0 amide bonds. The summed E-state index contributed by atoms with van der Waals surface area (Å²) in [6.07, 6.45) is 2.83. The van der Waals surface area contributed by atoms with Gasteiger partial charge in [0.05, 0.1) is 13.2 Å². The molecule has 0 radical (unpaired) electrons. The van der Waals surface area contributed by atoms with Crippen molar-refractivity contribution in [3.8, 4) is 5.75 Å². The van der Waals surface area contributed by atoms with Crippen LogP contribution in [0.15, 0.2) is 18.2 Å². The average molecular weight is 261 g/mol. The molecule has 1 saturated heterocycles. The van der Waals surface area contributed by atoms with Crippen molar-refractivity contribution in [2.75, 3.05) is 19.8 Å². The molecule has 2 heterocycles. The number of rotatable bonds is 4. The Labute approximate surface area is 112 Å². The minimum atomic E-state index is -0.750. The first-order valence-corrected chi connectivity index (χ1v) is 6.82. The van der Waals surface area contributed by atoms with E-state index in [0.29, 0.717) is 26.1 Å². The number of fused-ring (bicyclic) bond motifs is 1. The number of nitrogens with two attached hydrogens (primary N) is 1. The molecule has 0 saturated carbocycles. The van der Waals surface area contributed by atoms with Crippen molar-refractivity contribution in [3.63, 3.8) is 0 Å². The number of carbonyl (C=O) groups is 1. The van der Waals surface area contributed by atoms with Crippen molar-refractivity contribution < 1.29 is 14.3 Å². The molecule has 1 aromatic carbocycles. The van der Waals surface area contributed by atoms with Crippen molar-refractivity contribution in [2.45, 2.75) is 31.2 Å². The van der Waals surface area contributed by atoms with E-state index in [4.69, 9.17) is 15.2 Å². The zero-order valence-corrected chi connectivity index (χ0v) is 11.0. The van der Waals surface area contributed by atoms with Crippen molar-refractivity contribution in [1.29, 1.82) is 0 Å². The van der Waals surface area contributed by atoms with Crippen LogP contribution in [0.4, 0.5) is 0 Å². The second-order valence-electron chi connectivity index (χ2n) is 5.42. The predicted octanol–water partition coefficient (Wildman–Crippen LogP) is 1.24. The van der Waals surface area contributed by atoms with Gasteiger partial charge in [-0.05, 0) is 30.0 Å². The monoisotopic (exact) mass is 261 g/mol. The molecule has 2 aliphatic rings. The number of aryl methyl sites for hydroxylation is 1. The highest BCUT2D eigenvalue weighted by atomic mass is 16.5. The van der Waals surface area contributed by atoms with Gasteiger partial charge in [0.15, 0.2) is 5.78 Å². The third kappa shape index (κ3) is 2.51. The van der Waals surface area contributed by atoms with E-state index in [1.165, 1.54) is 11.1 Å². The molecule has 0 spiro atoms. The molecule has 102 valence electrons. The normalized spacial score (nSPS) is 25.1. The third-order valence-electron chi connectivity index (χ3n) is 4.00. The number of benzene rings is 1. The Bertz CT molecular complexity index is 492. The Morgan fingerprint density at radius 2 is 2.26 bits per heavy atom. The average Bonchev–Trinajstić information content (AvgIpc) is 3.04. The van der Waals surface area contributed by atoms with Gasteiger partial charge in [-0.3, -0.25) is 4.79 Å². The van der Waals surface area contributed by atoms with Gasteiger partial charge in [0, 0.05) is 19.4 Å². The van der Waals surface area contributed by atoms with Crippen molar-refractivity contribution in [2.24, 2.45) is 5.73 Å². The van der Waals surface area contributed by atoms with Gasteiger partial charge in [0.1, 0.15) is 11.3 Å². The zero-order valence-electron chi connectivity index (χ0n) is 11.0. The Morgan fingerprint density at radius 3 is 3.05 bits per heavy atom. The molecule has 3 rings (SSSR count). The lowest BCUT2D eigenvalue weighted by atomic mass is 9.90. The highest BCUT2D eigenvalue weighted by Crippen LogP contribution is 2.27. The fraction of sp³-hybridized carbons (Fsp3) is 0.533. The van der Waals surface area contributed by atoms with Gasteiger partial charge in [-0.25, -0.2) is 0 Å². The lowest BCUT2D eigenvalue weighted by Crippen LogP contribution is -2.48. The maximum Gasteiger partial charge on any atom is 0.155 e. The van der Waals surface area contributed by atoms with E-state index in [1.807, 2.05) is 12.1 Å². The SMILES string of the molecule is NC1(C(=O)CCc2ccc3c(c2)CCO3)CCOC1. The Kier molecular flexibility index (Phi) is 3.29. The minimum Gasteiger partial charge on any atom is -0.493 e. The van der Waals surface area contributed by atoms with Crippen molar-refractivity contribution in [1.82, 2.24) is 0 Å². The highest BCUT2D eigenvalue weighted by molar-refractivity contribution is 5.88. The maximum absolute atomic E-state index is 12.1. The molecule has 19 heavy (non-hydrogen) atoms. The smallest absolute Gasteiger partial charge is 0.155 e. The Hall–Kier alpha value is -1.39. The molecule has 1 atom stereocenters. The Balaban J connectivity index is 1.61. The van der Waals surface area contributed by atoms with Gasteiger partial charge < -0.3 is 15.2 Å². The van der Waals surface area contributed by atoms with E-state index in [1.54, 1.807) is 0 Å². The summed E-state index contributed by atoms with van der Waals surface area (Å²) in [5, 5.41) is 0. The first-order valence-electron chi connectivity index (χ1n) is 6.82. The molecule has 4 heteroatoms. The summed E-state index contributed by atoms with van der Waals surface area (Å²) in [6.45, 7) is 1.73. The maximum atomic E-state index is 12.1. The van der Waals surface area contributed by atoms with Gasteiger partial charge in [0.25, 0.3) is 0 Å². The summed E-state index contributed by atoms with van der Waals surface area (Å²) < 4.78 is 10.7. The van der Waals surface area contributed by atoms with Gasteiger partial charge in [-0.1, -0.05) is 12.1 Å². The Morgan fingerprint density at radius 1 is 1.37 bits per heavy atom. The van der Waals surface area contributed by atoms with Crippen LogP contribution in [0.5, 0.6) is 5.75 Å². The molecule has 0 bridgehead atoms. The van der Waals surface area contributed by atoms with E-state index < -0.39 is 5.54 Å². The molecule has 4 nitrogen and oxygen atoms in total. The molecular weight excluding hydrogens is 242 g/mol. The van der Waals surface area contributed by atoms with Gasteiger partial charge in [-0.2, -0.15) is 0 Å². The first-order chi connectivity index (χ1) is 9.17. The fourth-order valence-corrected chi connectivity index (χ4v) is 2.70. The molecule has 2 aliphatic heterocycles. The summed E-state index contributed by atoms with van der Waals surface area (Å²) in [5.74, 6) is 1.09. The highest BCUT2D eigenvalue weighted by Gasteiger charge is 2.37. The third-order valence-corrected chi connectivity index (χ3v) is 4.00. The summed E-state index contributed by atoms with van der Waals surface area (Å²) in [6, 6.07) is 6.18. The molecule has 1 aromatic rings. The van der Waals surface area contributed by atoms with Crippen LogP contribution < -0.4 is 10.5 Å². The number of ether oxygens (including phenoxy) is 2. The number of Topliss-reactive ketones (excluding diaryl/α,β-unsaturated/α-hetero) is 1. The fourth-order valence-electron chi connectivity index (χ4n) is 2.70. The summed E-state index contributed by atoms with van der Waals surface area (Å²) in [5.41, 5.74) is 7.74. The molecule has 1 fully saturated rings. The van der Waals surface area contributed by atoms with Gasteiger partial charge >= 0.3 is 0 Å². The van der Waals surface area contributed by atoms with Crippen LogP contribution in [0.1, 0.15) is 24.0 Å². The van der Waals surface area contributed by atoms with E-state index in [2.05, 4.69) is 6.07 Å². The second kappa shape index (κ2) is 4.94. The van der Waals surface area contributed by atoms with Crippen molar-refractivity contribution >= 4 is 5.78 Å². The zero-order chi connectivity index (χ0) is 13.3. The van der Waals surface area contributed by atoms with Crippen LogP contribution in [0.2, 0.25) is 0 Å². The lowest BCUT2D eigenvalue weighted by Gasteiger charge is -2.19. The van der Waals surface area contributed by atoms with Crippen molar-refractivity contribution in [3.05, 3.63) is 29.3 Å². The van der Waals surface area contributed by atoms with Crippen LogP contribution in [0.3, 0.4) is 0 Å². The van der Waals surface area contributed by atoms with Crippen LogP contribution in [0.25, 0.3) is 0 Å². The topological polar surface area (TPSA) is 61.6 Å². The summed E-state index contributed by atoms with van der Waals surface area (Å²) in [4.78, 5) is 12.1. The van der Waals surface area contributed by atoms with Gasteiger partial charge in [-0.15, -0.1) is 0 Å². The number of carbonyl (C=O) groups excluding carboxylic acids is 1. The van der Waals surface area contributed by atoms with E-state index in [0.717, 1.165) is 25.2 Å². The second-order valence-corrected chi connectivity index (χ2v) is 5.42. The molecule has 2 N–H and O–H groups in total. The molecule has 0 aliphatic carbocycles. The van der Waals surface area contributed by atoms with E-state index >= 15 is 0 Å². The molecular formula is C15H19NO3. The lowest BCUT2D eigenvalue weighted by molar-refractivity contribution is -0.124. The number of ketones is 1. The number of hydrogen-bond acceptors (Lipinski definition) is 4. The van der Waals surface area contributed by atoms with E-state index in [9.17, 15) is 4.79 Å². The quantitative estimate of drug-likeness (QED) is 0.886. The van der Waals surface area contributed by atoms with E-state index in [-0.39, 0.29) is 5.78 Å². The minimum absolute atomic E-state index is 0.113. The number of hydrogen-bond donors (Lipinski definition) is 1.